The van der Waals surface area contributed by atoms with Crippen LogP contribution in [0.5, 0.6) is 11.8 Å². The summed E-state index contributed by atoms with van der Waals surface area (Å²) in [7, 11) is 0. The van der Waals surface area contributed by atoms with Gasteiger partial charge >= 0.3 is 6.08 Å². The lowest BCUT2D eigenvalue weighted by Crippen LogP contribution is -2.29. The van der Waals surface area contributed by atoms with E-state index < -0.39 is 5.82 Å². The van der Waals surface area contributed by atoms with Crippen LogP contribution in [0.1, 0.15) is 24.8 Å². The average Bonchev–Trinajstić information content (AvgIpc) is 3.01. The van der Waals surface area contributed by atoms with Crippen LogP contribution in [0, 0.1) is 5.82 Å². The van der Waals surface area contributed by atoms with Crippen molar-refractivity contribution < 1.29 is 13.5 Å². The number of rotatable bonds is 4. The van der Waals surface area contributed by atoms with Gasteiger partial charge in [0.05, 0.1) is 0 Å². The van der Waals surface area contributed by atoms with Crippen molar-refractivity contribution in [2.75, 3.05) is 13.1 Å². The zero-order valence-corrected chi connectivity index (χ0v) is 13.4. The molecule has 0 radical (unpaired) electrons. The van der Waals surface area contributed by atoms with E-state index in [1.165, 1.54) is 25.3 Å². The van der Waals surface area contributed by atoms with Gasteiger partial charge in [-0.3, -0.25) is 4.90 Å². The van der Waals surface area contributed by atoms with Crippen LogP contribution < -0.4 is 4.74 Å². The summed E-state index contributed by atoms with van der Waals surface area (Å²) >= 11 is 0. The second-order valence-electron chi connectivity index (χ2n) is 6.15. The zero-order chi connectivity index (χ0) is 16.4. The Kier molecular flexibility index (Phi) is 4.17. The number of aromatic nitrogens is 1. The quantitative estimate of drug-likeness (QED) is 0.694. The van der Waals surface area contributed by atoms with Crippen molar-refractivity contribution in [2.24, 2.45) is 0 Å². The van der Waals surface area contributed by atoms with Gasteiger partial charge in [-0.25, -0.2) is 4.39 Å². The number of hydrogen-bond donors (Lipinski definition) is 0. The van der Waals surface area contributed by atoms with E-state index in [2.05, 4.69) is 9.88 Å². The second kappa shape index (κ2) is 6.61. The van der Waals surface area contributed by atoms with E-state index in [9.17, 15) is 4.39 Å². The summed E-state index contributed by atoms with van der Waals surface area (Å²) in [6.07, 6.45) is 3.80. The van der Waals surface area contributed by atoms with E-state index in [0.29, 0.717) is 11.1 Å². The van der Waals surface area contributed by atoms with Gasteiger partial charge in [-0.15, -0.1) is 0 Å². The Labute approximate surface area is 139 Å². The third-order valence-electron chi connectivity index (χ3n) is 4.32. The van der Waals surface area contributed by atoms with E-state index in [1.54, 1.807) is 12.1 Å². The molecule has 1 aliphatic rings. The van der Waals surface area contributed by atoms with Gasteiger partial charge < -0.3 is 9.15 Å². The fraction of sp³-hybridized carbons (Fsp3) is 0.316. The fourth-order valence-corrected chi connectivity index (χ4v) is 3.09. The molecule has 0 N–H and O–H groups in total. The lowest BCUT2D eigenvalue weighted by molar-refractivity contribution is 0.220. The number of benzene rings is 2. The summed E-state index contributed by atoms with van der Waals surface area (Å²) < 4.78 is 25.3. The Morgan fingerprint density at radius 1 is 1.08 bits per heavy atom. The van der Waals surface area contributed by atoms with Crippen LogP contribution in [0.15, 0.2) is 46.9 Å². The smallest absolute Gasteiger partial charge is 0.400 e. The standard InChI is InChI=1S/C19H19FN2O2/c20-15-12-14(13-22-10-4-1-5-11-22)8-9-17(15)23-19-21-16-6-2-3-7-18(16)24-19/h2-3,6-9,12H,1,4-5,10-11,13H2. The highest BCUT2D eigenvalue weighted by Crippen LogP contribution is 2.28. The molecule has 0 atom stereocenters. The molecule has 1 saturated heterocycles. The summed E-state index contributed by atoms with van der Waals surface area (Å²) in [5.74, 6) is -0.268. The Hall–Kier alpha value is -2.40. The molecule has 4 rings (SSSR count). The van der Waals surface area contributed by atoms with Crippen molar-refractivity contribution in [3.05, 3.63) is 53.8 Å². The van der Waals surface area contributed by atoms with Crippen molar-refractivity contribution in [1.82, 2.24) is 9.88 Å². The Bertz CT molecular complexity index is 807. The number of halogens is 1. The number of likely N-dealkylation sites (tertiary alicyclic amines) is 1. The van der Waals surface area contributed by atoms with E-state index in [4.69, 9.17) is 9.15 Å². The Morgan fingerprint density at radius 2 is 1.92 bits per heavy atom. The molecule has 2 heterocycles. The number of oxazole rings is 1. The topological polar surface area (TPSA) is 38.5 Å². The number of nitrogens with zero attached hydrogens (tertiary/aromatic N) is 2. The molecule has 0 aliphatic carbocycles. The van der Waals surface area contributed by atoms with Gasteiger partial charge in [-0.2, -0.15) is 4.98 Å². The minimum absolute atomic E-state index is 0.0545. The molecule has 24 heavy (non-hydrogen) atoms. The van der Waals surface area contributed by atoms with Crippen LogP contribution in [0.2, 0.25) is 0 Å². The fourth-order valence-electron chi connectivity index (χ4n) is 3.09. The number of fused-ring (bicyclic) bond motifs is 1. The summed E-state index contributed by atoms with van der Waals surface area (Å²) in [5, 5.41) is 0. The van der Waals surface area contributed by atoms with Gasteiger partial charge in [0, 0.05) is 6.54 Å². The molecule has 1 aliphatic heterocycles. The molecular weight excluding hydrogens is 307 g/mol. The van der Waals surface area contributed by atoms with Crippen LogP contribution in [0.3, 0.4) is 0 Å². The molecule has 1 aromatic heterocycles. The van der Waals surface area contributed by atoms with Crippen molar-refractivity contribution in [3.63, 3.8) is 0 Å². The molecule has 4 nitrogen and oxygen atoms in total. The van der Waals surface area contributed by atoms with Gasteiger partial charge in [0.2, 0.25) is 0 Å². The highest BCUT2D eigenvalue weighted by atomic mass is 19.1. The number of para-hydroxylation sites is 2. The van der Waals surface area contributed by atoms with Gasteiger partial charge in [-0.05, 0) is 55.8 Å². The van der Waals surface area contributed by atoms with E-state index in [0.717, 1.165) is 25.2 Å². The summed E-state index contributed by atoms with van der Waals surface area (Å²) in [6, 6.07) is 12.4. The average molecular weight is 326 g/mol. The van der Waals surface area contributed by atoms with Gasteiger partial charge in [-0.1, -0.05) is 24.6 Å². The van der Waals surface area contributed by atoms with E-state index >= 15 is 0 Å². The van der Waals surface area contributed by atoms with E-state index in [-0.39, 0.29) is 11.8 Å². The molecule has 1 fully saturated rings. The van der Waals surface area contributed by atoms with Crippen LogP contribution >= 0.6 is 0 Å². The molecule has 124 valence electrons. The molecule has 0 bridgehead atoms. The Morgan fingerprint density at radius 3 is 2.71 bits per heavy atom. The maximum absolute atomic E-state index is 14.3. The summed E-state index contributed by atoms with van der Waals surface area (Å²) in [5.41, 5.74) is 2.27. The van der Waals surface area contributed by atoms with Crippen molar-refractivity contribution in [2.45, 2.75) is 25.8 Å². The predicted molar refractivity (Wildman–Crippen MR) is 89.6 cm³/mol. The van der Waals surface area contributed by atoms with Gasteiger partial charge in [0.15, 0.2) is 17.1 Å². The van der Waals surface area contributed by atoms with Gasteiger partial charge in [0.25, 0.3) is 0 Å². The number of ether oxygens (including phenoxy) is 1. The lowest BCUT2D eigenvalue weighted by atomic mass is 10.1. The molecule has 0 unspecified atom stereocenters. The minimum Gasteiger partial charge on any atom is -0.409 e. The third kappa shape index (κ3) is 3.26. The first kappa shape index (κ1) is 15.1. The largest absolute Gasteiger partial charge is 0.409 e. The molecule has 5 heteroatoms. The van der Waals surface area contributed by atoms with Crippen LogP contribution in [-0.2, 0) is 6.54 Å². The van der Waals surface area contributed by atoms with Crippen LogP contribution in [0.4, 0.5) is 4.39 Å². The third-order valence-corrected chi connectivity index (χ3v) is 4.32. The molecule has 0 saturated carbocycles. The van der Waals surface area contributed by atoms with Crippen molar-refractivity contribution in [3.8, 4) is 11.8 Å². The number of piperidine rings is 1. The molecule has 3 aromatic rings. The summed E-state index contributed by atoms with van der Waals surface area (Å²) in [4.78, 5) is 6.56. The van der Waals surface area contributed by atoms with E-state index in [1.807, 2.05) is 24.3 Å². The molecular formula is C19H19FN2O2. The normalized spacial score (nSPS) is 15.7. The van der Waals surface area contributed by atoms with Crippen molar-refractivity contribution >= 4 is 11.1 Å². The lowest BCUT2D eigenvalue weighted by Gasteiger charge is -2.26. The number of hydrogen-bond acceptors (Lipinski definition) is 4. The molecule has 0 spiro atoms. The maximum atomic E-state index is 14.3. The molecule has 2 aromatic carbocycles. The predicted octanol–water partition coefficient (Wildman–Crippen LogP) is 4.75. The maximum Gasteiger partial charge on any atom is 0.400 e. The second-order valence-corrected chi connectivity index (χ2v) is 6.15. The van der Waals surface area contributed by atoms with Gasteiger partial charge in [0.1, 0.15) is 5.52 Å². The Balaban J connectivity index is 1.49. The highest BCUT2D eigenvalue weighted by molar-refractivity contribution is 5.72. The van der Waals surface area contributed by atoms with Crippen LogP contribution in [-0.4, -0.2) is 23.0 Å². The monoisotopic (exact) mass is 326 g/mol. The van der Waals surface area contributed by atoms with Crippen LogP contribution in [0.25, 0.3) is 11.1 Å². The highest BCUT2D eigenvalue weighted by Gasteiger charge is 2.14. The first-order valence-electron chi connectivity index (χ1n) is 8.32. The summed E-state index contributed by atoms with van der Waals surface area (Å²) in [6.45, 7) is 2.95. The molecule has 0 amide bonds. The SMILES string of the molecule is Fc1cc(CN2CCCCC2)ccc1Oc1nc2ccccc2o1. The first-order chi connectivity index (χ1) is 11.8. The minimum atomic E-state index is -0.397. The first-order valence-corrected chi connectivity index (χ1v) is 8.32. The van der Waals surface area contributed by atoms with Crippen molar-refractivity contribution in [1.29, 1.82) is 0 Å². The zero-order valence-electron chi connectivity index (χ0n) is 13.4.